The molecule has 5 heteroatoms. The molecule has 0 radical (unpaired) electrons. The molecule has 0 aliphatic rings. The monoisotopic (exact) mass is 143 g/mol. The van der Waals surface area contributed by atoms with E-state index < -0.39 is 0 Å². The molecule has 0 aromatic carbocycles. The molecule has 1 aromatic heterocycles. The molecule has 0 bridgehead atoms. The van der Waals surface area contributed by atoms with Crippen molar-refractivity contribution in [2.75, 3.05) is 5.73 Å². The highest BCUT2D eigenvalue weighted by atomic mass is 31.0. The summed E-state index contributed by atoms with van der Waals surface area (Å²) >= 11 is 0. The molecular formula is C4H6N3OP. The van der Waals surface area contributed by atoms with Crippen molar-refractivity contribution in [3.05, 3.63) is 12.4 Å². The highest BCUT2D eigenvalue weighted by molar-refractivity contribution is 7.10. The Hall–Kier alpha value is -0.890. The highest BCUT2D eigenvalue weighted by Crippen LogP contribution is 2.08. The molecule has 0 spiro atoms. The third-order valence-electron chi connectivity index (χ3n) is 0.784. The molecular weight excluding hydrogens is 137 g/mol. The van der Waals surface area contributed by atoms with Crippen LogP contribution in [0.25, 0.3) is 0 Å². The summed E-state index contributed by atoms with van der Waals surface area (Å²) in [6.07, 6.45) is 2.99. The van der Waals surface area contributed by atoms with Crippen LogP contribution in [0.15, 0.2) is 12.4 Å². The molecule has 0 aliphatic heterocycles. The Balaban J connectivity index is 2.88. The molecule has 4 nitrogen and oxygen atoms in total. The van der Waals surface area contributed by atoms with Crippen LogP contribution < -0.4 is 10.3 Å². The van der Waals surface area contributed by atoms with Crippen molar-refractivity contribution in [2.24, 2.45) is 0 Å². The van der Waals surface area contributed by atoms with E-state index in [1.165, 1.54) is 12.4 Å². The van der Waals surface area contributed by atoms with Gasteiger partial charge in [-0.1, -0.05) is 0 Å². The van der Waals surface area contributed by atoms with Gasteiger partial charge in [-0.15, -0.1) is 0 Å². The predicted molar refractivity (Wildman–Crippen MR) is 36.8 cm³/mol. The van der Waals surface area contributed by atoms with Crippen molar-refractivity contribution in [2.45, 2.75) is 0 Å². The van der Waals surface area contributed by atoms with E-state index in [9.17, 15) is 0 Å². The van der Waals surface area contributed by atoms with Crippen molar-refractivity contribution in [3.8, 4) is 5.75 Å². The summed E-state index contributed by atoms with van der Waals surface area (Å²) < 4.78 is 4.71. The van der Waals surface area contributed by atoms with Crippen molar-refractivity contribution >= 4 is 15.4 Å². The number of anilines is 1. The summed E-state index contributed by atoms with van der Waals surface area (Å²) in [5.74, 6) is 0.829. The van der Waals surface area contributed by atoms with Gasteiger partial charge in [0.05, 0.1) is 21.9 Å². The zero-order valence-electron chi connectivity index (χ0n) is 4.61. The third kappa shape index (κ3) is 1.50. The number of nitrogens with zero attached hydrogens (tertiary/aromatic N) is 2. The molecule has 1 aromatic rings. The molecule has 0 saturated carbocycles. The van der Waals surface area contributed by atoms with Gasteiger partial charge >= 0.3 is 0 Å². The zero-order valence-corrected chi connectivity index (χ0v) is 5.77. The standard InChI is InChI=1S/C4H6N3OP/c5-4-6-1-3(8-9)2-7-4/h1-2H,9H2,(H2,5,6,7). The van der Waals surface area contributed by atoms with Gasteiger partial charge in [0.2, 0.25) is 5.95 Å². The highest BCUT2D eigenvalue weighted by Gasteiger charge is 1.89. The normalized spacial score (nSPS) is 9.00. The first-order valence-electron chi connectivity index (χ1n) is 2.27. The number of hydrogen-bond donors (Lipinski definition) is 1. The second-order valence-corrected chi connectivity index (χ2v) is 1.63. The molecule has 0 fully saturated rings. The Kier molecular flexibility index (Phi) is 1.80. The molecule has 1 atom stereocenters. The van der Waals surface area contributed by atoms with E-state index in [-0.39, 0.29) is 5.95 Å². The van der Waals surface area contributed by atoms with E-state index in [1.807, 2.05) is 0 Å². The number of nitrogens with two attached hydrogens (primary N) is 1. The van der Waals surface area contributed by atoms with Crippen molar-refractivity contribution in [3.63, 3.8) is 0 Å². The minimum atomic E-state index is 0.251. The number of aromatic nitrogens is 2. The van der Waals surface area contributed by atoms with Gasteiger partial charge in [0, 0.05) is 0 Å². The second kappa shape index (κ2) is 2.60. The lowest BCUT2D eigenvalue weighted by molar-refractivity contribution is 0.637. The Morgan fingerprint density at radius 1 is 1.44 bits per heavy atom. The molecule has 0 saturated heterocycles. The van der Waals surface area contributed by atoms with Gasteiger partial charge in [-0.05, 0) is 0 Å². The third-order valence-corrected chi connectivity index (χ3v) is 1.06. The lowest BCUT2D eigenvalue weighted by atomic mass is 10.6. The van der Waals surface area contributed by atoms with Crippen LogP contribution in [0.1, 0.15) is 0 Å². The van der Waals surface area contributed by atoms with E-state index in [0.717, 1.165) is 0 Å². The first-order valence-corrected chi connectivity index (χ1v) is 2.74. The van der Waals surface area contributed by atoms with Gasteiger partial charge in [-0.3, -0.25) is 0 Å². The minimum Gasteiger partial charge on any atom is -0.477 e. The first kappa shape index (κ1) is 6.23. The lowest BCUT2D eigenvalue weighted by Crippen LogP contribution is -1.92. The van der Waals surface area contributed by atoms with Crippen LogP contribution >= 0.6 is 9.47 Å². The van der Waals surface area contributed by atoms with E-state index in [0.29, 0.717) is 5.75 Å². The van der Waals surface area contributed by atoms with Crippen molar-refractivity contribution in [1.29, 1.82) is 0 Å². The Morgan fingerprint density at radius 3 is 2.44 bits per heavy atom. The summed E-state index contributed by atoms with van der Waals surface area (Å²) in [5, 5.41) is 0. The molecule has 0 aliphatic carbocycles. The largest absolute Gasteiger partial charge is 0.477 e. The number of hydrogen-bond acceptors (Lipinski definition) is 4. The van der Waals surface area contributed by atoms with Crippen molar-refractivity contribution < 1.29 is 4.52 Å². The topological polar surface area (TPSA) is 61.0 Å². The fraction of sp³-hybridized carbons (Fsp3) is 0. The van der Waals surface area contributed by atoms with E-state index in [2.05, 4.69) is 19.4 Å². The van der Waals surface area contributed by atoms with Gasteiger partial charge in [0.15, 0.2) is 5.75 Å². The van der Waals surface area contributed by atoms with Crippen LogP contribution in [0.5, 0.6) is 5.75 Å². The lowest BCUT2D eigenvalue weighted by Gasteiger charge is -1.94. The van der Waals surface area contributed by atoms with E-state index in [4.69, 9.17) is 10.3 Å². The summed E-state index contributed by atoms with van der Waals surface area (Å²) in [7, 11) is 2.09. The molecule has 1 unspecified atom stereocenters. The zero-order chi connectivity index (χ0) is 6.69. The Labute approximate surface area is 54.7 Å². The molecule has 0 amide bonds. The maximum atomic E-state index is 5.20. The number of rotatable bonds is 1. The van der Waals surface area contributed by atoms with Crippen molar-refractivity contribution in [1.82, 2.24) is 9.97 Å². The van der Waals surface area contributed by atoms with Gasteiger partial charge in [-0.2, -0.15) is 0 Å². The van der Waals surface area contributed by atoms with Crippen LogP contribution in [-0.4, -0.2) is 9.97 Å². The predicted octanol–water partition coefficient (Wildman–Crippen LogP) is 0.228. The minimum absolute atomic E-state index is 0.251. The van der Waals surface area contributed by atoms with Crippen LogP contribution in [0, 0.1) is 0 Å². The molecule has 2 N–H and O–H groups in total. The Morgan fingerprint density at radius 2 is 2.00 bits per heavy atom. The van der Waals surface area contributed by atoms with Crippen LogP contribution in [-0.2, 0) is 0 Å². The smallest absolute Gasteiger partial charge is 0.220 e. The van der Waals surface area contributed by atoms with E-state index >= 15 is 0 Å². The average Bonchev–Trinajstić information content (AvgIpc) is 1.90. The summed E-state index contributed by atoms with van der Waals surface area (Å²) in [5.41, 5.74) is 5.20. The molecule has 1 rings (SSSR count). The Bertz CT molecular complexity index is 188. The summed E-state index contributed by atoms with van der Waals surface area (Å²) in [4.78, 5) is 7.36. The fourth-order valence-electron chi connectivity index (χ4n) is 0.387. The maximum absolute atomic E-state index is 5.20. The molecule has 1 heterocycles. The quantitative estimate of drug-likeness (QED) is 0.571. The SMILES string of the molecule is Nc1ncc(OP)cn1. The van der Waals surface area contributed by atoms with Gasteiger partial charge in [-0.25, -0.2) is 9.97 Å². The average molecular weight is 143 g/mol. The van der Waals surface area contributed by atoms with Gasteiger partial charge in [0.1, 0.15) is 0 Å². The number of nitrogen functional groups attached to an aromatic ring is 1. The molecule has 48 valence electrons. The summed E-state index contributed by atoms with van der Waals surface area (Å²) in [6, 6.07) is 0. The first-order chi connectivity index (χ1) is 4.33. The van der Waals surface area contributed by atoms with Gasteiger partial charge < -0.3 is 10.3 Å². The molecule has 9 heavy (non-hydrogen) atoms. The fourth-order valence-corrected chi connectivity index (χ4v) is 0.509. The van der Waals surface area contributed by atoms with Crippen LogP contribution in [0.2, 0.25) is 0 Å². The van der Waals surface area contributed by atoms with Crippen LogP contribution in [0.3, 0.4) is 0 Å². The summed E-state index contributed by atoms with van der Waals surface area (Å²) in [6.45, 7) is 0. The van der Waals surface area contributed by atoms with Gasteiger partial charge in [0.25, 0.3) is 0 Å². The second-order valence-electron chi connectivity index (χ2n) is 1.39. The van der Waals surface area contributed by atoms with E-state index in [1.54, 1.807) is 0 Å². The maximum Gasteiger partial charge on any atom is 0.220 e. The van der Waals surface area contributed by atoms with Crippen LogP contribution in [0.4, 0.5) is 5.95 Å².